The van der Waals surface area contributed by atoms with Gasteiger partial charge in [-0.15, -0.1) is 0 Å². The Labute approximate surface area is 116 Å². The maximum Gasteiger partial charge on any atom is 0.335 e. The quantitative estimate of drug-likeness (QED) is 0.943. The standard InChI is InChI=1S/C14H10F2O3S/c15-11-5-6-13(12(16)7-11)20(19)8-9-1-3-10(4-2-9)14(17)18/h1-7H,8H2,(H,17,18). The van der Waals surface area contributed by atoms with Gasteiger partial charge >= 0.3 is 5.97 Å². The Hall–Kier alpha value is -2.08. The van der Waals surface area contributed by atoms with E-state index in [0.29, 0.717) is 11.6 Å². The van der Waals surface area contributed by atoms with Crippen LogP contribution >= 0.6 is 0 Å². The molecule has 0 aliphatic carbocycles. The van der Waals surface area contributed by atoms with E-state index in [-0.39, 0.29) is 16.2 Å². The molecular weight excluding hydrogens is 286 g/mol. The van der Waals surface area contributed by atoms with Crippen molar-refractivity contribution in [2.75, 3.05) is 0 Å². The molecule has 1 N–H and O–H groups in total. The Balaban J connectivity index is 2.17. The summed E-state index contributed by atoms with van der Waals surface area (Å²) < 4.78 is 38.2. The van der Waals surface area contributed by atoms with Crippen molar-refractivity contribution in [1.82, 2.24) is 0 Å². The summed E-state index contributed by atoms with van der Waals surface area (Å²) in [7, 11) is -1.66. The zero-order valence-electron chi connectivity index (χ0n) is 10.2. The molecule has 20 heavy (non-hydrogen) atoms. The van der Waals surface area contributed by atoms with Gasteiger partial charge in [-0.2, -0.15) is 0 Å². The van der Waals surface area contributed by atoms with E-state index in [9.17, 15) is 17.8 Å². The summed E-state index contributed by atoms with van der Waals surface area (Å²) in [6, 6.07) is 8.67. The summed E-state index contributed by atoms with van der Waals surface area (Å²) in [5.41, 5.74) is 0.726. The van der Waals surface area contributed by atoms with Gasteiger partial charge in [-0.05, 0) is 29.8 Å². The van der Waals surface area contributed by atoms with E-state index in [2.05, 4.69) is 0 Å². The van der Waals surface area contributed by atoms with Crippen LogP contribution in [0.1, 0.15) is 15.9 Å². The fraction of sp³-hybridized carbons (Fsp3) is 0.0714. The zero-order valence-corrected chi connectivity index (χ0v) is 11.0. The number of carbonyl (C=O) groups is 1. The molecule has 0 heterocycles. The van der Waals surface area contributed by atoms with Crippen molar-refractivity contribution < 1.29 is 22.9 Å². The number of rotatable bonds is 4. The molecule has 0 spiro atoms. The minimum Gasteiger partial charge on any atom is -0.478 e. The number of carboxylic acid groups (broad SMARTS) is 1. The van der Waals surface area contributed by atoms with Crippen LogP contribution in [0.3, 0.4) is 0 Å². The average molecular weight is 296 g/mol. The Morgan fingerprint density at radius 2 is 1.75 bits per heavy atom. The topological polar surface area (TPSA) is 54.4 Å². The Morgan fingerprint density at radius 1 is 1.10 bits per heavy atom. The zero-order chi connectivity index (χ0) is 14.7. The number of halogens is 2. The van der Waals surface area contributed by atoms with E-state index in [1.165, 1.54) is 24.3 Å². The van der Waals surface area contributed by atoms with Crippen LogP contribution in [0.15, 0.2) is 47.4 Å². The van der Waals surface area contributed by atoms with E-state index in [0.717, 1.165) is 12.1 Å². The van der Waals surface area contributed by atoms with Gasteiger partial charge in [0.25, 0.3) is 0 Å². The lowest BCUT2D eigenvalue weighted by atomic mass is 10.1. The normalized spacial score (nSPS) is 12.1. The lowest BCUT2D eigenvalue weighted by molar-refractivity contribution is 0.0697. The molecule has 0 bridgehead atoms. The monoisotopic (exact) mass is 296 g/mol. The Kier molecular flexibility index (Phi) is 4.24. The third-order valence-corrected chi connectivity index (χ3v) is 4.06. The number of hydrogen-bond donors (Lipinski definition) is 1. The molecule has 0 aliphatic heterocycles. The van der Waals surface area contributed by atoms with Gasteiger partial charge in [0.05, 0.1) is 27.0 Å². The molecule has 104 valence electrons. The molecule has 3 nitrogen and oxygen atoms in total. The molecule has 0 aliphatic rings. The number of hydrogen-bond acceptors (Lipinski definition) is 2. The van der Waals surface area contributed by atoms with Crippen molar-refractivity contribution >= 4 is 16.8 Å². The van der Waals surface area contributed by atoms with E-state index in [4.69, 9.17) is 5.11 Å². The summed E-state index contributed by atoms with van der Waals surface area (Å²) in [4.78, 5) is 10.6. The first kappa shape index (κ1) is 14.3. The van der Waals surface area contributed by atoms with Gasteiger partial charge in [-0.25, -0.2) is 13.6 Å². The average Bonchev–Trinajstić information content (AvgIpc) is 2.39. The molecule has 1 atom stereocenters. The second kappa shape index (κ2) is 5.92. The van der Waals surface area contributed by atoms with Crippen LogP contribution in [0.2, 0.25) is 0 Å². The molecule has 2 aromatic rings. The van der Waals surface area contributed by atoms with E-state index in [1.54, 1.807) is 0 Å². The summed E-state index contributed by atoms with van der Waals surface area (Å²) in [6.07, 6.45) is 0. The van der Waals surface area contributed by atoms with Crippen LogP contribution in [0.4, 0.5) is 8.78 Å². The van der Waals surface area contributed by atoms with Crippen LogP contribution in [0.5, 0.6) is 0 Å². The Bertz CT molecular complexity index is 669. The van der Waals surface area contributed by atoms with Crippen molar-refractivity contribution in [1.29, 1.82) is 0 Å². The third kappa shape index (κ3) is 3.27. The minimum absolute atomic E-state index is 0.0302. The van der Waals surface area contributed by atoms with Gasteiger partial charge in [0, 0.05) is 6.07 Å². The van der Waals surface area contributed by atoms with Crippen molar-refractivity contribution in [3.8, 4) is 0 Å². The van der Waals surface area contributed by atoms with Gasteiger partial charge < -0.3 is 5.11 Å². The molecule has 0 amide bonds. The predicted octanol–water partition coefficient (Wildman–Crippen LogP) is 2.97. The van der Waals surface area contributed by atoms with E-state index >= 15 is 0 Å². The first-order valence-corrected chi connectivity index (χ1v) is 6.95. The second-order valence-corrected chi connectivity index (χ2v) is 5.49. The molecule has 0 fully saturated rings. The fourth-order valence-corrected chi connectivity index (χ4v) is 2.78. The number of benzene rings is 2. The Morgan fingerprint density at radius 3 is 2.30 bits per heavy atom. The van der Waals surface area contributed by atoms with Crippen LogP contribution in [0, 0.1) is 11.6 Å². The number of aromatic carboxylic acids is 1. The smallest absolute Gasteiger partial charge is 0.335 e. The van der Waals surface area contributed by atoms with Crippen LogP contribution in [-0.2, 0) is 16.6 Å². The largest absolute Gasteiger partial charge is 0.478 e. The SMILES string of the molecule is O=C(O)c1ccc(CS(=O)c2ccc(F)cc2F)cc1. The van der Waals surface area contributed by atoms with Crippen molar-refractivity contribution in [2.45, 2.75) is 10.6 Å². The second-order valence-electron chi connectivity index (χ2n) is 4.07. The molecule has 0 radical (unpaired) electrons. The van der Waals surface area contributed by atoms with Crippen LogP contribution < -0.4 is 0 Å². The highest BCUT2D eigenvalue weighted by Crippen LogP contribution is 2.17. The molecule has 0 aromatic heterocycles. The molecule has 6 heteroatoms. The highest BCUT2D eigenvalue weighted by Gasteiger charge is 2.12. The summed E-state index contributed by atoms with van der Waals surface area (Å²) in [5.74, 6) is -2.61. The van der Waals surface area contributed by atoms with Crippen molar-refractivity contribution in [3.63, 3.8) is 0 Å². The lowest BCUT2D eigenvalue weighted by Gasteiger charge is -2.04. The molecule has 2 rings (SSSR count). The molecular formula is C14H10F2O3S. The minimum atomic E-state index is -1.66. The first-order valence-electron chi connectivity index (χ1n) is 5.63. The molecule has 0 saturated heterocycles. The number of carboxylic acids is 1. The van der Waals surface area contributed by atoms with E-state index < -0.39 is 28.4 Å². The van der Waals surface area contributed by atoms with Crippen molar-refractivity contribution in [3.05, 3.63) is 65.2 Å². The van der Waals surface area contributed by atoms with Crippen LogP contribution in [0.25, 0.3) is 0 Å². The molecule has 1 unspecified atom stereocenters. The maximum absolute atomic E-state index is 13.5. The van der Waals surface area contributed by atoms with Gasteiger partial charge in [0.15, 0.2) is 0 Å². The van der Waals surface area contributed by atoms with Gasteiger partial charge in [-0.1, -0.05) is 12.1 Å². The fourth-order valence-electron chi connectivity index (χ4n) is 1.63. The van der Waals surface area contributed by atoms with Crippen LogP contribution in [-0.4, -0.2) is 15.3 Å². The molecule has 2 aromatic carbocycles. The van der Waals surface area contributed by atoms with Gasteiger partial charge in [0.2, 0.25) is 0 Å². The summed E-state index contributed by atoms with van der Waals surface area (Å²) >= 11 is 0. The third-order valence-electron chi connectivity index (χ3n) is 2.64. The first-order chi connectivity index (χ1) is 9.47. The highest BCUT2D eigenvalue weighted by molar-refractivity contribution is 7.84. The molecule has 0 saturated carbocycles. The maximum atomic E-state index is 13.5. The van der Waals surface area contributed by atoms with E-state index in [1.807, 2.05) is 0 Å². The van der Waals surface area contributed by atoms with Crippen molar-refractivity contribution in [2.24, 2.45) is 0 Å². The summed E-state index contributed by atoms with van der Waals surface area (Å²) in [5, 5.41) is 8.75. The summed E-state index contributed by atoms with van der Waals surface area (Å²) in [6.45, 7) is 0. The van der Waals surface area contributed by atoms with Gasteiger partial charge in [-0.3, -0.25) is 4.21 Å². The lowest BCUT2D eigenvalue weighted by Crippen LogP contribution is -2.01. The predicted molar refractivity (Wildman–Crippen MR) is 69.9 cm³/mol. The highest BCUT2D eigenvalue weighted by atomic mass is 32.2. The van der Waals surface area contributed by atoms with Gasteiger partial charge in [0.1, 0.15) is 11.6 Å².